The van der Waals surface area contributed by atoms with Gasteiger partial charge in [-0.1, -0.05) is 5.16 Å². The maximum absolute atomic E-state index is 13.0. The molecule has 0 aromatic carbocycles. The van der Waals surface area contributed by atoms with Crippen molar-refractivity contribution in [3.05, 3.63) is 41.1 Å². The number of hydrogen-bond acceptors (Lipinski definition) is 12. The predicted octanol–water partition coefficient (Wildman–Crippen LogP) is -2.25. The fourth-order valence-electron chi connectivity index (χ4n) is 4.09. The summed E-state index contributed by atoms with van der Waals surface area (Å²) in [6, 6.07) is -0.961. The minimum absolute atomic E-state index is 0.149. The number of hydrogen-bond donors (Lipinski definition) is 2. The molecule has 1 fully saturated rings. The Labute approximate surface area is 211 Å². The van der Waals surface area contributed by atoms with E-state index in [1.807, 2.05) is 0 Å². The first-order valence-corrected chi connectivity index (χ1v) is 12.4. The number of aryl methyl sites for hydroxylation is 1. The zero-order valence-electron chi connectivity index (χ0n) is 18.9. The number of anilines is 1. The average Bonchev–Trinajstić information content (AvgIpc) is 3.43. The van der Waals surface area contributed by atoms with Crippen molar-refractivity contribution in [3.8, 4) is 0 Å². The molecule has 1 saturated heterocycles. The fraction of sp³-hybridized carbons (Fsp3) is 0.300. The Kier molecular flexibility index (Phi) is 6.05. The Hall–Kier alpha value is -4.05. The van der Waals surface area contributed by atoms with Gasteiger partial charge in [0, 0.05) is 16.7 Å². The van der Waals surface area contributed by atoms with E-state index in [2.05, 4.69) is 25.4 Å². The summed E-state index contributed by atoms with van der Waals surface area (Å²) in [7, 11) is 3.08. The normalized spacial score (nSPS) is 19.8. The lowest BCUT2D eigenvalue weighted by Crippen LogP contribution is -2.71. The van der Waals surface area contributed by atoms with E-state index in [0.29, 0.717) is 16.8 Å². The van der Waals surface area contributed by atoms with Crippen molar-refractivity contribution >= 4 is 62.8 Å². The van der Waals surface area contributed by atoms with E-state index in [1.54, 1.807) is 28.8 Å². The van der Waals surface area contributed by atoms with Crippen molar-refractivity contribution in [2.45, 2.75) is 18.0 Å². The summed E-state index contributed by atoms with van der Waals surface area (Å²) >= 11 is 2.46. The minimum atomic E-state index is -1.47. The SMILES string of the molecule is CO/N=C(\C(=O)N[C@@H]1C(=O)N2C(C(=O)[O-])=C(C[n+]3cc4ncncc4n3C)CS[C@H]12)c1csc(N)n1. The second kappa shape index (κ2) is 9.19. The van der Waals surface area contributed by atoms with Crippen molar-refractivity contribution < 1.29 is 29.0 Å². The second-order valence-corrected chi connectivity index (χ2v) is 9.83. The summed E-state index contributed by atoms with van der Waals surface area (Å²) in [5.41, 5.74) is 7.46. The van der Waals surface area contributed by atoms with Crippen LogP contribution in [-0.4, -0.2) is 72.3 Å². The molecular weight excluding hydrogens is 510 g/mol. The number of nitrogens with one attached hydrogen (secondary N) is 1. The highest BCUT2D eigenvalue weighted by atomic mass is 32.2. The number of thiazole rings is 1. The van der Waals surface area contributed by atoms with Crippen LogP contribution in [0.3, 0.4) is 0 Å². The van der Waals surface area contributed by atoms with E-state index >= 15 is 0 Å². The summed E-state index contributed by atoms with van der Waals surface area (Å²) in [4.78, 5) is 56.1. The third-order valence-corrected chi connectivity index (χ3v) is 7.78. The van der Waals surface area contributed by atoms with E-state index in [9.17, 15) is 19.5 Å². The molecule has 2 aliphatic heterocycles. The van der Waals surface area contributed by atoms with Crippen LogP contribution in [0.2, 0.25) is 0 Å². The summed E-state index contributed by atoms with van der Waals surface area (Å²) in [5.74, 6) is -2.42. The molecule has 36 heavy (non-hydrogen) atoms. The molecule has 3 aromatic heterocycles. The number of β-lactam (4-membered cyclic amide) rings is 1. The van der Waals surface area contributed by atoms with Crippen molar-refractivity contribution in [2.75, 3.05) is 18.6 Å². The molecule has 0 bridgehead atoms. The number of amides is 2. The van der Waals surface area contributed by atoms with Crippen LogP contribution in [0.15, 0.2) is 40.5 Å². The number of fused-ring (bicyclic) bond motifs is 2. The summed E-state index contributed by atoms with van der Waals surface area (Å²) < 4.78 is 3.59. The Bertz CT molecular complexity index is 1460. The Morgan fingerprint density at radius 1 is 1.44 bits per heavy atom. The van der Waals surface area contributed by atoms with Gasteiger partial charge in [0.1, 0.15) is 36.1 Å². The van der Waals surface area contributed by atoms with Crippen LogP contribution in [0.4, 0.5) is 5.13 Å². The molecule has 0 spiro atoms. The van der Waals surface area contributed by atoms with Crippen molar-refractivity contribution in [1.82, 2.24) is 29.9 Å². The molecule has 3 N–H and O–H groups in total. The quantitative estimate of drug-likeness (QED) is 0.147. The van der Waals surface area contributed by atoms with Gasteiger partial charge in [-0.05, 0) is 0 Å². The van der Waals surface area contributed by atoms with Crippen LogP contribution < -0.4 is 20.8 Å². The maximum Gasteiger partial charge on any atom is 0.276 e. The van der Waals surface area contributed by atoms with Crippen LogP contribution in [0.5, 0.6) is 0 Å². The first kappa shape index (κ1) is 23.7. The molecule has 3 aromatic rings. The van der Waals surface area contributed by atoms with Crippen LogP contribution in [-0.2, 0) is 32.8 Å². The molecule has 0 radical (unpaired) electrons. The Balaban J connectivity index is 1.38. The number of carboxylic acid groups (broad SMARTS) is 1. The number of aromatic nitrogens is 5. The zero-order chi connectivity index (χ0) is 25.6. The van der Waals surface area contributed by atoms with E-state index in [1.165, 1.54) is 30.6 Å². The monoisotopic (exact) mass is 529 g/mol. The molecule has 2 amide bonds. The molecule has 14 nitrogen and oxygen atoms in total. The number of carboxylic acids is 1. The van der Waals surface area contributed by atoms with Crippen molar-refractivity contribution in [1.29, 1.82) is 0 Å². The number of nitrogen functional groups attached to an aromatic ring is 1. The first-order chi connectivity index (χ1) is 17.3. The Morgan fingerprint density at radius 2 is 2.25 bits per heavy atom. The summed E-state index contributed by atoms with van der Waals surface area (Å²) in [6.45, 7) is 0.201. The van der Waals surface area contributed by atoms with Crippen LogP contribution in [0.1, 0.15) is 5.69 Å². The highest BCUT2D eigenvalue weighted by Gasteiger charge is 2.53. The van der Waals surface area contributed by atoms with Crippen molar-refractivity contribution in [3.63, 3.8) is 0 Å². The number of thioether (sulfide) groups is 1. The first-order valence-electron chi connectivity index (χ1n) is 10.5. The van der Waals surface area contributed by atoms with Gasteiger partial charge >= 0.3 is 0 Å². The molecule has 5 heterocycles. The number of rotatable bonds is 7. The van der Waals surface area contributed by atoms with Gasteiger partial charge in [-0.2, -0.15) is 4.68 Å². The van der Waals surface area contributed by atoms with E-state index in [4.69, 9.17) is 10.6 Å². The molecule has 16 heteroatoms. The number of oxime groups is 1. The van der Waals surface area contributed by atoms with Gasteiger partial charge < -0.3 is 25.8 Å². The minimum Gasteiger partial charge on any atom is -0.543 e. The fourth-order valence-corrected chi connectivity index (χ4v) is 5.97. The van der Waals surface area contributed by atoms with Gasteiger partial charge in [-0.25, -0.2) is 15.0 Å². The van der Waals surface area contributed by atoms with Gasteiger partial charge in [-0.15, -0.1) is 27.8 Å². The standard InChI is InChI=1S/C20H19N9O5S2/c1-27-12-3-22-8-23-10(12)5-28(27)4-9-6-35-18-14(17(31)29(18)15(9)19(32)33)25-16(30)13(26-34-2)11-7-36-20(21)24-11/h3,5,7-8,14,18H,4,6H2,1-2H3,(H3-,21,24,25,30,32,33)/b26-13-/t14-,18-/m1/s1. The average molecular weight is 530 g/mol. The Morgan fingerprint density at radius 3 is 2.92 bits per heavy atom. The number of nitrogens with zero attached hydrogens (tertiary/aromatic N) is 7. The highest BCUT2D eigenvalue weighted by molar-refractivity contribution is 8.00. The lowest BCUT2D eigenvalue weighted by atomic mass is 10.0. The van der Waals surface area contributed by atoms with Crippen molar-refractivity contribution in [2.24, 2.45) is 12.2 Å². The lowest BCUT2D eigenvalue weighted by Gasteiger charge is -2.50. The number of aliphatic carboxylic acids is 1. The maximum atomic E-state index is 13.0. The van der Waals surface area contributed by atoms with E-state index in [0.717, 1.165) is 21.8 Å². The third kappa shape index (κ3) is 3.93. The van der Waals surface area contributed by atoms with Gasteiger partial charge in [0.25, 0.3) is 11.8 Å². The number of nitrogens with two attached hydrogens (primary N) is 1. The molecule has 2 aliphatic rings. The highest BCUT2D eigenvalue weighted by Crippen LogP contribution is 2.40. The topological polar surface area (TPSA) is 185 Å². The second-order valence-electron chi connectivity index (χ2n) is 7.84. The summed E-state index contributed by atoms with van der Waals surface area (Å²) in [6.07, 6.45) is 4.86. The molecule has 2 atom stereocenters. The van der Waals surface area contributed by atoms with Crippen LogP contribution in [0.25, 0.3) is 11.0 Å². The van der Waals surface area contributed by atoms with Gasteiger partial charge in [0.05, 0.1) is 24.9 Å². The number of carbonyl (C=O) groups excluding carboxylic acids is 3. The zero-order valence-corrected chi connectivity index (χ0v) is 20.6. The smallest absolute Gasteiger partial charge is 0.276 e. The summed E-state index contributed by atoms with van der Waals surface area (Å²) in [5, 5.41) is 19.6. The molecular formula is C20H19N9O5S2. The third-order valence-electron chi connectivity index (χ3n) is 5.77. The van der Waals surface area contributed by atoms with E-state index in [-0.39, 0.29) is 28.8 Å². The molecule has 5 rings (SSSR count). The van der Waals surface area contributed by atoms with E-state index < -0.39 is 29.2 Å². The van der Waals surface area contributed by atoms with Crippen LogP contribution >= 0.6 is 23.1 Å². The van der Waals surface area contributed by atoms with Crippen LogP contribution in [0, 0.1) is 0 Å². The van der Waals surface area contributed by atoms with Gasteiger partial charge in [0.15, 0.2) is 22.9 Å². The molecule has 186 valence electrons. The lowest BCUT2D eigenvalue weighted by molar-refractivity contribution is -0.764. The molecule has 0 unspecified atom stereocenters. The van der Waals surface area contributed by atoms with Gasteiger partial charge in [0.2, 0.25) is 6.20 Å². The molecule has 0 aliphatic carbocycles. The number of carbonyl (C=O) groups is 3. The molecule has 0 saturated carbocycles. The largest absolute Gasteiger partial charge is 0.543 e. The van der Waals surface area contributed by atoms with Gasteiger partial charge in [-0.3, -0.25) is 14.5 Å². The predicted molar refractivity (Wildman–Crippen MR) is 126 cm³/mol.